The fourth-order valence-corrected chi connectivity index (χ4v) is 2.51. The van der Waals surface area contributed by atoms with Crippen LogP contribution in [0, 0.1) is 11.7 Å². The summed E-state index contributed by atoms with van der Waals surface area (Å²) in [5, 5.41) is 9.23. The van der Waals surface area contributed by atoms with Crippen molar-refractivity contribution in [2.24, 2.45) is 5.92 Å². The summed E-state index contributed by atoms with van der Waals surface area (Å²) < 4.78 is 18.2. The van der Waals surface area contributed by atoms with Crippen molar-refractivity contribution in [2.75, 3.05) is 39.5 Å². The number of hydrogen-bond donors (Lipinski definition) is 1. The summed E-state index contributed by atoms with van der Waals surface area (Å²) in [6, 6.07) is 5.68. The molecule has 2 rings (SSSR count). The smallest absolute Gasteiger partial charge is 0.162 e. The molecule has 0 aromatic heterocycles. The Bertz CT molecular complexity index is 449. The summed E-state index contributed by atoms with van der Waals surface area (Å²) in [6.07, 6.45) is 1.21. The van der Waals surface area contributed by atoms with Crippen molar-refractivity contribution >= 4 is 5.78 Å². The van der Waals surface area contributed by atoms with E-state index in [1.54, 1.807) is 0 Å². The van der Waals surface area contributed by atoms with Gasteiger partial charge in [0.2, 0.25) is 0 Å². The van der Waals surface area contributed by atoms with Crippen molar-refractivity contribution in [2.45, 2.75) is 12.8 Å². The molecule has 1 N–H and O–H groups in total. The van der Waals surface area contributed by atoms with Gasteiger partial charge in [0.05, 0.1) is 13.2 Å². The number of ketones is 1. The third-order valence-electron chi connectivity index (χ3n) is 3.72. The van der Waals surface area contributed by atoms with Crippen molar-refractivity contribution in [1.82, 2.24) is 4.90 Å². The van der Waals surface area contributed by atoms with Crippen LogP contribution in [0.3, 0.4) is 0 Å². The van der Waals surface area contributed by atoms with Crippen LogP contribution in [-0.4, -0.2) is 55.2 Å². The molecule has 0 bridgehead atoms. The molecule has 1 aliphatic heterocycles. The van der Waals surface area contributed by atoms with Gasteiger partial charge >= 0.3 is 0 Å². The van der Waals surface area contributed by atoms with Crippen molar-refractivity contribution < 1.29 is 19.0 Å². The summed E-state index contributed by atoms with van der Waals surface area (Å²) in [4.78, 5) is 14.2. The van der Waals surface area contributed by atoms with E-state index < -0.39 is 0 Å². The molecule has 4 nitrogen and oxygen atoms in total. The summed E-state index contributed by atoms with van der Waals surface area (Å²) in [5.41, 5.74) is 0.559. The molecule has 1 atom stereocenters. The van der Waals surface area contributed by atoms with Crippen LogP contribution >= 0.6 is 0 Å². The molecule has 21 heavy (non-hydrogen) atoms. The van der Waals surface area contributed by atoms with Crippen LogP contribution in [-0.2, 0) is 4.74 Å². The highest BCUT2D eigenvalue weighted by atomic mass is 19.1. The molecule has 0 aliphatic carbocycles. The lowest BCUT2D eigenvalue weighted by Gasteiger charge is -2.21. The van der Waals surface area contributed by atoms with Gasteiger partial charge in [0.25, 0.3) is 0 Å². The van der Waals surface area contributed by atoms with Crippen molar-refractivity contribution in [3.63, 3.8) is 0 Å². The maximum atomic E-state index is 12.8. The minimum Gasteiger partial charge on any atom is -0.396 e. The molecule has 1 aromatic carbocycles. The molecule has 1 unspecified atom stereocenters. The van der Waals surface area contributed by atoms with Gasteiger partial charge in [0.1, 0.15) is 5.82 Å². The summed E-state index contributed by atoms with van der Waals surface area (Å²) in [5.74, 6) is -0.133. The van der Waals surface area contributed by atoms with Gasteiger partial charge in [-0.3, -0.25) is 4.79 Å². The Morgan fingerprint density at radius 1 is 1.38 bits per heavy atom. The number of carbonyl (C=O) groups is 1. The highest BCUT2D eigenvalue weighted by molar-refractivity contribution is 5.95. The fraction of sp³-hybridized carbons (Fsp3) is 0.562. The number of rotatable bonds is 6. The molecule has 1 aliphatic rings. The van der Waals surface area contributed by atoms with E-state index in [4.69, 9.17) is 4.74 Å². The highest BCUT2D eigenvalue weighted by Gasteiger charge is 2.17. The zero-order valence-corrected chi connectivity index (χ0v) is 12.1. The molecule has 5 heteroatoms. The molecule has 0 amide bonds. The number of Topliss-reactive ketones (excluding diaryl/α,β-unsaturated/α-hetero) is 1. The van der Waals surface area contributed by atoms with Crippen molar-refractivity contribution in [1.29, 1.82) is 0 Å². The van der Waals surface area contributed by atoms with E-state index in [1.807, 2.05) is 0 Å². The minimum atomic E-state index is -0.328. The molecular formula is C16H22FNO3. The zero-order chi connectivity index (χ0) is 15.1. The third kappa shape index (κ3) is 5.19. The first-order valence-corrected chi connectivity index (χ1v) is 7.39. The van der Waals surface area contributed by atoms with Crippen LogP contribution in [0.1, 0.15) is 23.2 Å². The van der Waals surface area contributed by atoms with Gasteiger partial charge < -0.3 is 14.7 Å². The molecular weight excluding hydrogens is 273 g/mol. The van der Waals surface area contributed by atoms with Gasteiger partial charge in [-0.1, -0.05) is 0 Å². The number of carbonyl (C=O) groups excluding carboxylic acids is 1. The maximum absolute atomic E-state index is 12.8. The molecule has 0 radical (unpaired) electrons. The lowest BCUT2D eigenvalue weighted by Crippen LogP contribution is -2.32. The van der Waals surface area contributed by atoms with Crippen molar-refractivity contribution in [3.8, 4) is 0 Å². The first-order chi connectivity index (χ1) is 10.2. The van der Waals surface area contributed by atoms with Gasteiger partial charge in [0.15, 0.2) is 5.78 Å². The van der Waals surface area contributed by atoms with Crippen LogP contribution < -0.4 is 0 Å². The second-order valence-corrected chi connectivity index (χ2v) is 5.46. The SMILES string of the molecule is O=C(CCCN1CCOCC(CO)C1)c1ccc(F)cc1. The Morgan fingerprint density at radius 3 is 2.86 bits per heavy atom. The highest BCUT2D eigenvalue weighted by Crippen LogP contribution is 2.10. The van der Waals surface area contributed by atoms with Crippen LogP contribution in [0.2, 0.25) is 0 Å². The first kappa shape index (κ1) is 16.1. The van der Waals surface area contributed by atoms with E-state index in [-0.39, 0.29) is 24.1 Å². The number of aliphatic hydroxyl groups excluding tert-OH is 1. The van der Waals surface area contributed by atoms with E-state index in [1.165, 1.54) is 24.3 Å². The molecule has 1 aromatic rings. The number of nitrogens with zero attached hydrogens (tertiary/aromatic N) is 1. The molecule has 0 saturated carbocycles. The average molecular weight is 295 g/mol. The van der Waals surface area contributed by atoms with Crippen LogP contribution in [0.5, 0.6) is 0 Å². The standard InChI is InChI=1S/C16H22FNO3/c17-15-5-3-14(4-6-15)16(20)2-1-7-18-8-9-21-12-13(10-18)11-19/h3-6,13,19H,1-2,7-12H2. The maximum Gasteiger partial charge on any atom is 0.162 e. The molecule has 116 valence electrons. The number of hydrogen-bond acceptors (Lipinski definition) is 4. The van der Waals surface area contributed by atoms with Crippen LogP contribution in [0.15, 0.2) is 24.3 Å². The molecule has 1 fully saturated rings. The second kappa shape index (κ2) is 8.22. The van der Waals surface area contributed by atoms with Crippen LogP contribution in [0.4, 0.5) is 4.39 Å². The average Bonchev–Trinajstić information content (AvgIpc) is 2.73. The predicted octanol–water partition coefficient (Wildman–Crippen LogP) is 1.73. The van der Waals surface area contributed by atoms with Crippen LogP contribution in [0.25, 0.3) is 0 Å². The first-order valence-electron chi connectivity index (χ1n) is 7.39. The van der Waals surface area contributed by atoms with Gasteiger partial charge in [0, 0.05) is 37.6 Å². The molecule has 1 heterocycles. The zero-order valence-electron chi connectivity index (χ0n) is 12.1. The van der Waals surface area contributed by atoms with Gasteiger partial charge in [-0.15, -0.1) is 0 Å². The molecule has 0 spiro atoms. The van der Waals surface area contributed by atoms with E-state index in [0.717, 1.165) is 26.1 Å². The normalized spacial score (nSPS) is 20.2. The second-order valence-electron chi connectivity index (χ2n) is 5.46. The lowest BCUT2D eigenvalue weighted by atomic mass is 10.1. The van der Waals surface area contributed by atoms with E-state index >= 15 is 0 Å². The van der Waals surface area contributed by atoms with E-state index in [0.29, 0.717) is 25.2 Å². The third-order valence-corrected chi connectivity index (χ3v) is 3.72. The van der Waals surface area contributed by atoms with E-state index in [9.17, 15) is 14.3 Å². The van der Waals surface area contributed by atoms with E-state index in [2.05, 4.69) is 4.90 Å². The lowest BCUT2D eigenvalue weighted by molar-refractivity contribution is 0.0955. The quantitative estimate of drug-likeness (QED) is 0.812. The Hall–Kier alpha value is -1.30. The topological polar surface area (TPSA) is 49.8 Å². The van der Waals surface area contributed by atoms with Gasteiger partial charge in [-0.25, -0.2) is 4.39 Å². The Kier molecular flexibility index (Phi) is 6.29. The minimum absolute atomic E-state index is 0.0415. The number of aliphatic hydroxyl groups is 1. The number of halogens is 1. The number of benzene rings is 1. The predicted molar refractivity (Wildman–Crippen MR) is 77.8 cm³/mol. The van der Waals surface area contributed by atoms with Gasteiger partial charge in [-0.05, 0) is 37.2 Å². The Balaban J connectivity index is 1.75. The Morgan fingerprint density at radius 2 is 2.14 bits per heavy atom. The summed E-state index contributed by atoms with van der Waals surface area (Å²) in [7, 11) is 0. The molecule has 1 saturated heterocycles. The summed E-state index contributed by atoms with van der Waals surface area (Å²) >= 11 is 0. The fourth-order valence-electron chi connectivity index (χ4n) is 2.51. The Labute approximate surface area is 124 Å². The largest absolute Gasteiger partial charge is 0.396 e. The number of ether oxygens (including phenoxy) is 1. The summed E-state index contributed by atoms with van der Waals surface area (Å²) in [6.45, 7) is 3.85. The van der Waals surface area contributed by atoms with Gasteiger partial charge in [-0.2, -0.15) is 0 Å². The monoisotopic (exact) mass is 295 g/mol. The van der Waals surface area contributed by atoms with Crippen molar-refractivity contribution in [3.05, 3.63) is 35.6 Å².